The lowest BCUT2D eigenvalue weighted by molar-refractivity contribution is 0.617. The minimum atomic E-state index is 0.579. The molecule has 112 valence electrons. The molecule has 1 saturated carbocycles. The van der Waals surface area contributed by atoms with Gasteiger partial charge in [-0.05, 0) is 26.2 Å². The molecule has 0 saturated heterocycles. The van der Waals surface area contributed by atoms with Crippen LogP contribution in [0, 0.1) is 6.92 Å². The lowest BCUT2D eigenvalue weighted by atomic mass is 10.1. The van der Waals surface area contributed by atoms with Gasteiger partial charge in [-0.15, -0.1) is 0 Å². The molecule has 0 radical (unpaired) electrons. The molecule has 0 spiro atoms. The molecule has 0 unspecified atom stereocenters. The normalized spacial score (nSPS) is 16.7. The van der Waals surface area contributed by atoms with Crippen molar-refractivity contribution in [1.82, 2.24) is 9.97 Å². The Morgan fingerprint density at radius 1 is 1.15 bits per heavy atom. The fourth-order valence-corrected chi connectivity index (χ4v) is 2.73. The van der Waals surface area contributed by atoms with Crippen LogP contribution in [0.1, 0.15) is 64.0 Å². The molecule has 2 N–H and O–H groups in total. The van der Waals surface area contributed by atoms with Crippen molar-refractivity contribution in [3.05, 3.63) is 11.8 Å². The van der Waals surface area contributed by atoms with Crippen LogP contribution in [0.5, 0.6) is 0 Å². The molecule has 1 aromatic heterocycles. The smallest absolute Gasteiger partial charge is 0.224 e. The van der Waals surface area contributed by atoms with Gasteiger partial charge < -0.3 is 10.6 Å². The van der Waals surface area contributed by atoms with Crippen molar-refractivity contribution in [3.63, 3.8) is 0 Å². The molecule has 4 nitrogen and oxygen atoms in total. The molecule has 1 fully saturated rings. The summed E-state index contributed by atoms with van der Waals surface area (Å²) in [6, 6.07) is 2.63. The lowest BCUT2D eigenvalue weighted by Crippen LogP contribution is -2.20. The zero-order chi connectivity index (χ0) is 14.2. The molecule has 0 bridgehead atoms. The SMILES string of the molecule is CCCCNc1nc(C)cc(NC2CCCCCC2)n1. The number of aromatic nitrogens is 2. The average Bonchev–Trinajstić information content (AvgIpc) is 2.67. The lowest BCUT2D eigenvalue weighted by Gasteiger charge is -2.17. The molecule has 0 amide bonds. The van der Waals surface area contributed by atoms with Crippen LogP contribution in [0.15, 0.2) is 6.07 Å². The topological polar surface area (TPSA) is 49.8 Å². The average molecular weight is 276 g/mol. The summed E-state index contributed by atoms with van der Waals surface area (Å²) in [7, 11) is 0. The Labute approximate surface area is 122 Å². The third-order valence-corrected chi connectivity index (χ3v) is 3.87. The predicted octanol–water partition coefficient (Wildman–Crippen LogP) is 4.13. The van der Waals surface area contributed by atoms with E-state index in [1.165, 1.54) is 44.9 Å². The number of hydrogen-bond acceptors (Lipinski definition) is 4. The van der Waals surface area contributed by atoms with Crippen molar-refractivity contribution in [2.45, 2.75) is 71.3 Å². The van der Waals surface area contributed by atoms with E-state index in [-0.39, 0.29) is 0 Å². The Kier molecular flexibility index (Phi) is 6.09. The minimum absolute atomic E-state index is 0.579. The Bertz CT molecular complexity index is 397. The highest BCUT2D eigenvalue weighted by Gasteiger charge is 2.13. The summed E-state index contributed by atoms with van der Waals surface area (Å²) >= 11 is 0. The van der Waals surface area contributed by atoms with Crippen LogP contribution < -0.4 is 10.6 Å². The molecule has 1 heterocycles. The van der Waals surface area contributed by atoms with Crippen LogP contribution in [0.2, 0.25) is 0 Å². The summed E-state index contributed by atoms with van der Waals surface area (Å²) in [5.41, 5.74) is 1.02. The number of nitrogens with one attached hydrogen (secondary N) is 2. The number of nitrogens with zero attached hydrogens (tertiary/aromatic N) is 2. The second-order valence-electron chi connectivity index (χ2n) is 5.83. The molecule has 4 heteroatoms. The summed E-state index contributed by atoms with van der Waals surface area (Å²) in [4.78, 5) is 9.05. The largest absolute Gasteiger partial charge is 0.367 e. The van der Waals surface area contributed by atoms with Crippen molar-refractivity contribution >= 4 is 11.8 Å². The van der Waals surface area contributed by atoms with Gasteiger partial charge in [0.1, 0.15) is 5.82 Å². The first-order valence-electron chi connectivity index (χ1n) is 8.14. The minimum Gasteiger partial charge on any atom is -0.367 e. The van der Waals surface area contributed by atoms with Crippen LogP contribution in [-0.4, -0.2) is 22.6 Å². The molecule has 0 aliphatic heterocycles. The van der Waals surface area contributed by atoms with Gasteiger partial charge in [0, 0.05) is 24.3 Å². The number of anilines is 2. The van der Waals surface area contributed by atoms with Gasteiger partial charge in [0.25, 0.3) is 0 Å². The van der Waals surface area contributed by atoms with Crippen molar-refractivity contribution in [2.24, 2.45) is 0 Å². The van der Waals surface area contributed by atoms with E-state index >= 15 is 0 Å². The van der Waals surface area contributed by atoms with E-state index in [9.17, 15) is 0 Å². The van der Waals surface area contributed by atoms with Gasteiger partial charge in [-0.3, -0.25) is 0 Å². The van der Waals surface area contributed by atoms with Crippen LogP contribution in [0.25, 0.3) is 0 Å². The quantitative estimate of drug-likeness (QED) is 0.606. The molecule has 0 atom stereocenters. The predicted molar refractivity (Wildman–Crippen MR) is 85.3 cm³/mol. The number of aryl methyl sites for hydroxylation is 1. The van der Waals surface area contributed by atoms with Crippen molar-refractivity contribution < 1.29 is 0 Å². The number of hydrogen-bond donors (Lipinski definition) is 2. The second kappa shape index (κ2) is 8.08. The zero-order valence-electron chi connectivity index (χ0n) is 12.9. The number of rotatable bonds is 6. The first-order valence-corrected chi connectivity index (χ1v) is 8.14. The van der Waals surface area contributed by atoms with E-state index in [0.717, 1.165) is 30.4 Å². The molecule has 20 heavy (non-hydrogen) atoms. The molecule has 0 aromatic carbocycles. The maximum Gasteiger partial charge on any atom is 0.224 e. The molecular weight excluding hydrogens is 248 g/mol. The van der Waals surface area contributed by atoms with Gasteiger partial charge in [-0.25, -0.2) is 4.98 Å². The van der Waals surface area contributed by atoms with Gasteiger partial charge >= 0.3 is 0 Å². The maximum atomic E-state index is 4.60. The highest BCUT2D eigenvalue weighted by molar-refractivity contribution is 5.42. The van der Waals surface area contributed by atoms with E-state index < -0.39 is 0 Å². The molecule has 2 rings (SSSR count). The summed E-state index contributed by atoms with van der Waals surface area (Å²) < 4.78 is 0. The van der Waals surface area contributed by atoms with Crippen molar-refractivity contribution in [1.29, 1.82) is 0 Å². The van der Waals surface area contributed by atoms with E-state index in [1.54, 1.807) is 0 Å². The Hall–Kier alpha value is -1.32. The molecule has 1 aliphatic carbocycles. The molecule has 1 aromatic rings. The van der Waals surface area contributed by atoms with E-state index in [4.69, 9.17) is 0 Å². The van der Waals surface area contributed by atoms with E-state index in [2.05, 4.69) is 33.6 Å². The van der Waals surface area contributed by atoms with Crippen molar-refractivity contribution in [2.75, 3.05) is 17.2 Å². The highest BCUT2D eigenvalue weighted by Crippen LogP contribution is 2.21. The summed E-state index contributed by atoms with van der Waals surface area (Å²) in [5, 5.41) is 6.92. The third kappa shape index (κ3) is 4.99. The first kappa shape index (κ1) is 15.1. The third-order valence-electron chi connectivity index (χ3n) is 3.87. The Morgan fingerprint density at radius 3 is 2.60 bits per heavy atom. The van der Waals surface area contributed by atoms with Gasteiger partial charge in [0.2, 0.25) is 5.95 Å². The standard InChI is InChI=1S/C16H28N4/c1-3-4-11-17-16-18-13(2)12-15(20-16)19-14-9-7-5-6-8-10-14/h12,14H,3-11H2,1-2H3,(H2,17,18,19,20). The summed E-state index contributed by atoms with van der Waals surface area (Å²) in [6.45, 7) is 5.17. The summed E-state index contributed by atoms with van der Waals surface area (Å²) in [6.07, 6.45) is 10.3. The Morgan fingerprint density at radius 2 is 1.90 bits per heavy atom. The van der Waals surface area contributed by atoms with Crippen LogP contribution in [0.4, 0.5) is 11.8 Å². The monoisotopic (exact) mass is 276 g/mol. The summed E-state index contributed by atoms with van der Waals surface area (Å²) in [5.74, 6) is 1.73. The van der Waals surface area contributed by atoms with Crippen molar-refractivity contribution in [3.8, 4) is 0 Å². The van der Waals surface area contributed by atoms with E-state index in [0.29, 0.717) is 6.04 Å². The Balaban J connectivity index is 1.95. The van der Waals surface area contributed by atoms with Crippen LogP contribution >= 0.6 is 0 Å². The zero-order valence-corrected chi connectivity index (χ0v) is 12.9. The van der Waals surface area contributed by atoms with Gasteiger partial charge in [-0.2, -0.15) is 4.98 Å². The fourth-order valence-electron chi connectivity index (χ4n) is 2.73. The van der Waals surface area contributed by atoms with Crippen LogP contribution in [-0.2, 0) is 0 Å². The fraction of sp³-hybridized carbons (Fsp3) is 0.750. The van der Waals surface area contributed by atoms with E-state index in [1.807, 2.05) is 6.92 Å². The van der Waals surface area contributed by atoms with Gasteiger partial charge in [-0.1, -0.05) is 39.0 Å². The second-order valence-corrected chi connectivity index (χ2v) is 5.83. The van der Waals surface area contributed by atoms with Gasteiger partial charge in [0.05, 0.1) is 0 Å². The molecular formula is C16H28N4. The highest BCUT2D eigenvalue weighted by atomic mass is 15.1. The van der Waals surface area contributed by atoms with Gasteiger partial charge in [0.15, 0.2) is 0 Å². The number of unbranched alkanes of at least 4 members (excludes halogenated alkanes) is 1. The molecule has 1 aliphatic rings. The maximum absolute atomic E-state index is 4.60. The van der Waals surface area contributed by atoms with Crippen LogP contribution in [0.3, 0.4) is 0 Å². The first-order chi connectivity index (χ1) is 9.78.